The molecule has 0 unspecified atom stereocenters. The molecule has 9 heteroatoms. The third-order valence-corrected chi connectivity index (χ3v) is 5.11. The minimum Gasteiger partial charge on any atom is -0.496 e. The number of hydrogen-bond donors (Lipinski definition) is 2. The molecule has 0 bridgehead atoms. The van der Waals surface area contributed by atoms with Gasteiger partial charge in [-0.1, -0.05) is 29.8 Å². The Bertz CT molecular complexity index is 935. The molecular formula is C22H24ClN3O5. The summed E-state index contributed by atoms with van der Waals surface area (Å²) in [5.74, 6) is -1.03. The highest BCUT2D eigenvalue weighted by Gasteiger charge is 2.31. The average Bonchev–Trinajstić information content (AvgIpc) is 3.26. The minimum absolute atomic E-state index is 0.0120. The first-order valence-corrected chi connectivity index (χ1v) is 10.2. The van der Waals surface area contributed by atoms with Crippen molar-refractivity contribution in [3.8, 4) is 5.75 Å². The molecule has 0 aliphatic carbocycles. The first kappa shape index (κ1) is 22.6. The SMILES string of the molecule is COc1ccccc1CCNC(=O)C(=O)NC[C@H]1OCCN1C(=O)c1ccc(Cl)cc1. The van der Waals surface area contributed by atoms with Gasteiger partial charge in [0, 0.05) is 23.7 Å². The van der Waals surface area contributed by atoms with Crippen molar-refractivity contribution in [2.75, 3.05) is 33.4 Å². The number of hydrogen-bond acceptors (Lipinski definition) is 5. The van der Waals surface area contributed by atoms with Gasteiger partial charge in [0.2, 0.25) is 0 Å². The molecule has 2 N–H and O–H groups in total. The lowest BCUT2D eigenvalue weighted by atomic mass is 10.1. The largest absolute Gasteiger partial charge is 0.496 e. The van der Waals surface area contributed by atoms with Crippen LogP contribution >= 0.6 is 11.6 Å². The Hall–Kier alpha value is -3.10. The average molecular weight is 446 g/mol. The first-order valence-electron chi connectivity index (χ1n) is 9.85. The molecule has 0 radical (unpaired) electrons. The van der Waals surface area contributed by atoms with E-state index >= 15 is 0 Å². The molecule has 3 amide bonds. The van der Waals surface area contributed by atoms with Crippen molar-refractivity contribution in [1.82, 2.24) is 15.5 Å². The molecule has 2 aromatic carbocycles. The van der Waals surface area contributed by atoms with Crippen LogP contribution in [0.25, 0.3) is 0 Å². The number of ether oxygens (including phenoxy) is 2. The summed E-state index contributed by atoms with van der Waals surface area (Å²) in [5, 5.41) is 5.64. The first-order chi connectivity index (χ1) is 15.0. The van der Waals surface area contributed by atoms with Crippen LogP contribution in [0.5, 0.6) is 5.75 Å². The Morgan fingerprint density at radius 3 is 2.55 bits per heavy atom. The van der Waals surface area contributed by atoms with E-state index < -0.39 is 18.0 Å². The molecule has 1 heterocycles. The Morgan fingerprint density at radius 1 is 1.10 bits per heavy atom. The van der Waals surface area contributed by atoms with E-state index in [1.54, 1.807) is 31.4 Å². The lowest BCUT2D eigenvalue weighted by Gasteiger charge is -2.23. The topological polar surface area (TPSA) is 97.0 Å². The quantitative estimate of drug-likeness (QED) is 0.631. The normalized spacial score (nSPS) is 15.4. The summed E-state index contributed by atoms with van der Waals surface area (Å²) in [5.41, 5.74) is 1.40. The third kappa shape index (κ3) is 5.96. The number of nitrogens with zero attached hydrogens (tertiary/aromatic N) is 1. The number of halogens is 1. The van der Waals surface area contributed by atoms with Crippen LogP contribution in [-0.4, -0.2) is 62.2 Å². The monoisotopic (exact) mass is 445 g/mol. The van der Waals surface area contributed by atoms with Crippen LogP contribution in [-0.2, 0) is 20.7 Å². The van der Waals surface area contributed by atoms with E-state index in [2.05, 4.69) is 10.6 Å². The second-order valence-electron chi connectivity index (χ2n) is 6.86. The zero-order valence-corrected chi connectivity index (χ0v) is 17.9. The second-order valence-corrected chi connectivity index (χ2v) is 7.30. The summed E-state index contributed by atoms with van der Waals surface area (Å²) in [7, 11) is 1.58. The summed E-state index contributed by atoms with van der Waals surface area (Å²) < 4.78 is 10.8. The summed E-state index contributed by atoms with van der Waals surface area (Å²) in [6, 6.07) is 14.0. The predicted octanol–water partition coefficient (Wildman–Crippen LogP) is 1.62. The van der Waals surface area contributed by atoms with E-state index in [1.807, 2.05) is 24.3 Å². The molecule has 1 aliphatic rings. The molecule has 8 nitrogen and oxygen atoms in total. The molecule has 3 rings (SSSR count). The maximum Gasteiger partial charge on any atom is 0.309 e. The maximum absolute atomic E-state index is 12.7. The molecule has 0 saturated carbocycles. The van der Waals surface area contributed by atoms with Gasteiger partial charge in [-0.2, -0.15) is 0 Å². The molecule has 0 spiro atoms. The Balaban J connectivity index is 1.46. The highest BCUT2D eigenvalue weighted by atomic mass is 35.5. The van der Waals surface area contributed by atoms with Crippen molar-refractivity contribution in [3.63, 3.8) is 0 Å². The van der Waals surface area contributed by atoms with Gasteiger partial charge in [-0.15, -0.1) is 0 Å². The van der Waals surface area contributed by atoms with E-state index in [0.29, 0.717) is 30.2 Å². The summed E-state index contributed by atoms with van der Waals surface area (Å²) in [6.07, 6.45) is -0.119. The van der Waals surface area contributed by atoms with Crippen LogP contribution in [0, 0.1) is 0 Å². The Kier molecular flexibility index (Phi) is 7.86. The zero-order valence-electron chi connectivity index (χ0n) is 17.1. The fourth-order valence-corrected chi connectivity index (χ4v) is 3.37. The summed E-state index contributed by atoms with van der Waals surface area (Å²) in [6.45, 7) is 1.05. The molecular weight excluding hydrogens is 422 g/mol. The van der Waals surface area contributed by atoms with Crippen molar-refractivity contribution < 1.29 is 23.9 Å². The van der Waals surface area contributed by atoms with Gasteiger partial charge in [-0.05, 0) is 42.3 Å². The number of carbonyl (C=O) groups is 3. The van der Waals surface area contributed by atoms with Gasteiger partial charge in [0.05, 0.1) is 20.3 Å². The van der Waals surface area contributed by atoms with Crippen molar-refractivity contribution in [2.45, 2.75) is 12.6 Å². The summed E-state index contributed by atoms with van der Waals surface area (Å²) >= 11 is 5.86. The highest BCUT2D eigenvalue weighted by molar-refractivity contribution is 6.35. The van der Waals surface area contributed by atoms with Gasteiger partial charge in [-0.3, -0.25) is 14.4 Å². The second kappa shape index (κ2) is 10.8. The number of methoxy groups -OCH3 is 1. The van der Waals surface area contributed by atoms with Crippen molar-refractivity contribution in [3.05, 3.63) is 64.7 Å². The fraction of sp³-hybridized carbons (Fsp3) is 0.318. The van der Waals surface area contributed by atoms with Gasteiger partial charge >= 0.3 is 11.8 Å². The molecule has 1 aliphatic heterocycles. The number of amides is 3. The molecule has 31 heavy (non-hydrogen) atoms. The number of rotatable bonds is 7. The van der Waals surface area contributed by atoms with Gasteiger partial charge < -0.3 is 25.0 Å². The standard InChI is InChI=1S/C22H24ClN3O5/c1-30-18-5-3-2-4-15(18)10-11-24-20(27)21(28)25-14-19-26(12-13-31-19)22(29)16-6-8-17(23)9-7-16/h2-9,19H,10-14H2,1H3,(H,24,27)(H,25,28)/t19-/m1/s1. The number of benzene rings is 2. The van der Waals surface area contributed by atoms with Crippen LogP contribution in [0.15, 0.2) is 48.5 Å². The highest BCUT2D eigenvalue weighted by Crippen LogP contribution is 2.18. The van der Waals surface area contributed by atoms with Gasteiger partial charge in [0.15, 0.2) is 0 Å². The van der Waals surface area contributed by atoms with Crippen LogP contribution < -0.4 is 15.4 Å². The zero-order chi connectivity index (χ0) is 22.2. The van der Waals surface area contributed by atoms with Gasteiger partial charge in [0.25, 0.3) is 5.91 Å². The fourth-order valence-electron chi connectivity index (χ4n) is 3.24. The Labute approximate surface area is 185 Å². The van der Waals surface area contributed by atoms with Crippen LogP contribution in [0.3, 0.4) is 0 Å². The minimum atomic E-state index is -0.783. The molecule has 1 fully saturated rings. The predicted molar refractivity (Wildman–Crippen MR) is 115 cm³/mol. The lowest BCUT2D eigenvalue weighted by Crippen LogP contribution is -2.47. The number of para-hydroxylation sites is 1. The summed E-state index contributed by atoms with van der Waals surface area (Å²) in [4.78, 5) is 38.4. The van der Waals surface area contributed by atoms with Gasteiger partial charge in [0.1, 0.15) is 12.0 Å². The van der Waals surface area contributed by atoms with Crippen LogP contribution in [0.2, 0.25) is 5.02 Å². The van der Waals surface area contributed by atoms with Crippen LogP contribution in [0.1, 0.15) is 15.9 Å². The van der Waals surface area contributed by atoms with E-state index in [0.717, 1.165) is 11.3 Å². The van der Waals surface area contributed by atoms with Crippen molar-refractivity contribution in [1.29, 1.82) is 0 Å². The number of nitrogens with one attached hydrogen (secondary N) is 2. The van der Waals surface area contributed by atoms with E-state index in [4.69, 9.17) is 21.1 Å². The molecule has 0 aromatic heterocycles. The van der Waals surface area contributed by atoms with E-state index in [9.17, 15) is 14.4 Å². The smallest absolute Gasteiger partial charge is 0.309 e. The van der Waals surface area contributed by atoms with Gasteiger partial charge in [-0.25, -0.2) is 0 Å². The third-order valence-electron chi connectivity index (χ3n) is 4.86. The molecule has 2 aromatic rings. The molecule has 1 saturated heterocycles. The van der Waals surface area contributed by atoms with Crippen molar-refractivity contribution in [2.24, 2.45) is 0 Å². The Morgan fingerprint density at radius 2 is 1.81 bits per heavy atom. The van der Waals surface area contributed by atoms with E-state index in [-0.39, 0.29) is 19.0 Å². The molecule has 1 atom stereocenters. The lowest BCUT2D eigenvalue weighted by molar-refractivity contribution is -0.139. The number of carbonyl (C=O) groups excluding carboxylic acids is 3. The van der Waals surface area contributed by atoms with Crippen molar-refractivity contribution >= 4 is 29.3 Å². The molecule has 164 valence electrons. The van der Waals surface area contributed by atoms with Crippen LogP contribution in [0.4, 0.5) is 0 Å². The maximum atomic E-state index is 12.7. The van der Waals surface area contributed by atoms with E-state index in [1.165, 1.54) is 4.90 Å².